The van der Waals surface area contributed by atoms with Crippen molar-refractivity contribution in [1.82, 2.24) is 0 Å². The van der Waals surface area contributed by atoms with Crippen LogP contribution in [-0.4, -0.2) is 11.6 Å². The second kappa shape index (κ2) is 4.43. The molecule has 0 spiro atoms. The SMILES string of the molecule is O=C1CC(C23CC4CC(CC(C4)C2)C3)=NN1c1ccccc1. The summed E-state index contributed by atoms with van der Waals surface area (Å²) in [6, 6.07) is 9.88. The molecule has 0 atom stereocenters. The molecule has 1 heterocycles. The van der Waals surface area contributed by atoms with Gasteiger partial charge in [0, 0.05) is 5.41 Å². The molecule has 114 valence electrons. The molecule has 4 fully saturated rings. The van der Waals surface area contributed by atoms with Gasteiger partial charge in [0.2, 0.25) is 0 Å². The van der Waals surface area contributed by atoms with Gasteiger partial charge in [-0.05, 0) is 68.4 Å². The zero-order chi connectivity index (χ0) is 14.7. The Balaban J connectivity index is 1.50. The molecule has 0 saturated heterocycles. The van der Waals surface area contributed by atoms with Crippen LogP contribution in [-0.2, 0) is 4.79 Å². The van der Waals surface area contributed by atoms with Gasteiger partial charge in [-0.25, -0.2) is 5.01 Å². The maximum atomic E-state index is 12.5. The van der Waals surface area contributed by atoms with Crippen LogP contribution in [0.5, 0.6) is 0 Å². The Kier molecular flexibility index (Phi) is 2.59. The van der Waals surface area contributed by atoms with E-state index in [2.05, 4.69) is 0 Å². The second-order valence-corrected chi connectivity index (χ2v) is 7.96. The lowest BCUT2D eigenvalue weighted by molar-refractivity contribution is -0.117. The first-order valence-corrected chi connectivity index (χ1v) is 8.68. The van der Waals surface area contributed by atoms with Crippen LogP contribution in [0.15, 0.2) is 35.4 Å². The average Bonchev–Trinajstić information content (AvgIpc) is 2.90. The van der Waals surface area contributed by atoms with Crippen molar-refractivity contribution < 1.29 is 4.79 Å². The Morgan fingerprint density at radius 1 is 0.955 bits per heavy atom. The number of benzene rings is 1. The minimum Gasteiger partial charge on any atom is -0.272 e. The lowest BCUT2D eigenvalue weighted by Crippen LogP contribution is -2.49. The molecule has 1 aromatic rings. The molecule has 3 heteroatoms. The van der Waals surface area contributed by atoms with Crippen molar-refractivity contribution in [3.63, 3.8) is 0 Å². The number of hydrogen-bond acceptors (Lipinski definition) is 2. The average molecular weight is 294 g/mol. The number of nitrogens with zero attached hydrogens (tertiary/aromatic N) is 2. The van der Waals surface area contributed by atoms with Gasteiger partial charge in [0.05, 0.1) is 17.8 Å². The van der Waals surface area contributed by atoms with E-state index >= 15 is 0 Å². The largest absolute Gasteiger partial charge is 0.272 e. The van der Waals surface area contributed by atoms with Gasteiger partial charge in [-0.3, -0.25) is 4.79 Å². The predicted octanol–water partition coefficient (Wildman–Crippen LogP) is 4.00. The van der Waals surface area contributed by atoms with Crippen LogP contribution in [0, 0.1) is 23.2 Å². The Bertz CT molecular complexity index is 613. The zero-order valence-corrected chi connectivity index (χ0v) is 12.9. The first-order valence-electron chi connectivity index (χ1n) is 8.68. The fraction of sp³-hybridized carbons (Fsp3) is 0.579. The summed E-state index contributed by atoms with van der Waals surface area (Å²) in [6.07, 6.45) is 8.70. The summed E-state index contributed by atoms with van der Waals surface area (Å²) in [4.78, 5) is 12.5. The van der Waals surface area contributed by atoms with E-state index in [1.54, 1.807) is 5.01 Å². The van der Waals surface area contributed by atoms with Gasteiger partial charge in [-0.2, -0.15) is 5.10 Å². The molecule has 4 aliphatic carbocycles. The molecule has 0 aromatic heterocycles. The van der Waals surface area contributed by atoms with E-state index in [0.29, 0.717) is 6.42 Å². The third kappa shape index (κ3) is 1.81. The third-order valence-electron chi connectivity index (χ3n) is 6.43. The minimum absolute atomic E-state index is 0.150. The van der Waals surface area contributed by atoms with Crippen LogP contribution in [0.2, 0.25) is 0 Å². The topological polar surface area (TPSA) is 32.7 Å². The predicted molar refractivity (Wildman–Crippen MR) is 86.6 cm³/mol. The van der Waals surface area contributed by atoms with Crippen LogP contribution in [0.3, 0.4) is 0 Å². The van der Waals surface area contributed by atoms with Crippen LogP contribution >= 0.6 is 0 Å². The molecule has 0 radical (unpaired) electrons. The maximum Gasteiger partial charge on any atom is 0.253 e. The summed E-state index contributed by atoms with van der Waals surface area (Å²) < 4.78 is 0. The van der Waals surface area contributed by atoms with E-state index < -0.39 is 0 Å². The van der Waals surface area contributed by atoms with E-state index in [-0.39, 0.29) is 11.3 Å². The van der Waals surface area contributed by atoms with Crippen LogP contribution in [0.25, 0.3) is 0 Å². The summed E-state index contributed by atoms with van der Waals surface area (Å²) in [6.45, 7) is 0. The van der Waals surface area contributed by atoms with E-state index in [4.69, 9.17) is 5.10 Å². The summed E-state index contributed by atoms with van der Waals surface area (Å²) >= 11 is 0. The first kappa shape index (κ1) is 12.9. The molecular weight excluding hydrogens is 272 g/mol. The van der Waals surface area contributed by atoms with Crippen molar-refractivity contribution in [3.05, 3.63) is 30.3 Å². The number of amides is 1. The van der Waals surface area contributed by atoms with Gasteiger partial charge >= 0.3 is 0 Å². The highest BCUT2D eigenvalue weighted by Crippen LogP contribution is 2.61. The molecular formula is C19H22N2O. The lowest BCUT2D eigenvalue weighted by atomic mass is 9.48. The molecule has 4 saturated carbocycles. The van der Waals surface area contributed by atoms with Gasteiger partial charge in [0.25, 0.3) is 5.91 Å². The van der Waals surface area contributed by atoms with Gasteiger partial charge in [-0.1, -0.05) is 18.2 Å². The minimum atomic E-state index is 0.150. The van der Waals surface area contributed by atoms with Crippen LogP contribution < -0.4 is 5.01 Å². The summed E-state index contributed by atoms with van der Waals surface area (Å²) in [5, 5.41) is 6.48. The number of carbonyl (C=O) groups excluding carboxylic acids is 1. The normalized spacial score (nSPS) is 39.5. The zero-order valence-electron chi connectivity index (χ0n) is 12.9. The van der Waals surface area contributed by atoms with E-state index in [9.17, 15) is 4.79 Å². The van der Waals surface area contributed by atoms with Crippen molar-refractivity contribution in [2.45, 2.75) is 44.9 Å². The Morgan fingerprint density at radius 2 is 1.55 bits per heavy atom. The number of hydrazone groups is 1. The molecule has 6 rings (SSSR count). The Hall–Kier alpha value is -1.64. The molecule has 1 amide bonds. The van der Waals surface area contributed by atoms with Gasteiger partial charge in [0.1, 0.15) is 0 Å². The molecule has 0 unspecified atom stereocenters. The van der Waals surface area contributed by atoms with Gasteiger partial charge in [-0.15, -0.1) is 0 Å². The molecule has 3 nitrogen and oxygen atoms in total. The number of para-hydroxylation sites is 1. The molecule has 4 bridgehead atoms. The van der Waals surface area contributed by atoms with Crippen molar-refractivity contribution in [2.75, 3.05) is 5.01 Å². The first-order chi connectivity index (χ1) is 10.7. The van der Waals surface area contributed by atoms with Crippen molar-refractivity contribution in [2.24, 2.45) is 28.3 Å². The highest BCUT2D eigenvalue weighted by Gasteiger charge is 2.54. The summed E-state index contributed by atoms with van der Waals surface area (Å²) in [7, 11) is 0. The summed E-state index contributed by atoms with van der Waals surface area (Å²) in [5.41, 5.74) is 2.36. The number of carbonyl (C=O) groups is 1. The Labute approximate surface area is 131 Å². The monoisotopic (exact) mass is 294 g/mol. The molecule has 22 heavy (non-hydrogen) atoms. The highest BCUT2D eigenvalue weighted by molar-refractivity contribution is 6.15. The Morgan fingerprint density at radius 3 is 2.14 bits per heavy atom. The third-order valence-corrected chi connectivity index (χ3v) is 6.43. The van der Waals surface area contributed by atoms with E-state index in [1.165, 1.54) is 44.2 Å². The van der Waals surface area contributed by atoms with Crippen molar-refractivity contribution in [1.29, 1.82) is 0 Å². The van der Waals surface area contributed by atoms with Crippen molar-refractivity contribution >= 4 is 17.3 Å². The number of hydrogen-bond donors (Lipinski definition) is 0. The number of anilines is 1. The van der Waals surface area contributed by atoms with Gasteiger partial charge in [0.15, 0.2) is 0 Å². The highest BCUT2D eigenvalue weighted by atomic mass is 16.2. The standard InChI is InChI=1S/C19H22N2O/c22-18-9-17(20-21(18)16-4-2-1-3-5-16)19-10-13-6-14(11-19)8-15(7-13)12-19/h1-5,13-15H,6-12H2. The molecule has 0 N–H and O–H groups in total. The number of rotatable bonds is 2. The van der Waals surface area contributed by atoms with Crippen LogP contribution in [0.4, 0.5) is 5.69 Å². The smallest absolute Gasteiger partial charge is 0.253 e. The van der Waals surface area contributed by atoms with Crippen LogP contribution in [0.1, 0.15) is 44.9 Å². The van der Waals surface area contributed by atoms with Crippen molar-refractivity contribution in [3.8, 4) is 0 Å². The lowest BCUT2D eigenvalue weighted by Gasteiger charge is -2.56. The fourth-order valence-electron chi connectivity index (χ4n) is 5.96. The molecule has 5 aliphatic rings. The fourth-order valence-corrected chi connectivity index (χ4v) is 5.96. The maximum absolute atomic E-state index is 12.5. The quantitative estimate of drug-likeness (QED) is 0.811. The molecule has 1 aliphatic heterocycles. The van der Waals surface area contributed by atoms with E-state index in [0.717, 1.165) is 23.4 Å². The van der Waals surface area contributed by atoms with Gasteiger partial charge < -0.3 is 0 Å². The molecule has 1 aromatic carbocycles. The summed E-state index contributed by atoms with van der Waals surface area (Å²) in [5.74, 6) is 2.84. The van der Waals surface area contributed by atoms with E-state index in [1.807, 2.05) is 30.3 Å². The second-order valence-electron chi connectivity index (χ2n) is 7.96.